The Kier molecular flexibility index (Phi) is 4.66. The number of phenolic OH excluding ortho intramolecular Hbond substituents is 1. The van der Waals surface area contributed by atoms with E-state index in [1.54, 1.807) is 18.2 Å². The summed E-state index contributed by atoms with van der Waals surface area (Å²) in [6.45, 7) is 2.44. The van der Waals surface area contributed by atoms with Gasteiger partial charge in [0, 0.05) is 23.7 Å². The van der Waals surface area contributed by atoms with Gasteiger partial charge in [0.25, 0.3) is 0 Å². The molecular weight excluding hydrogens is 238 g/mol. The van der Waals surface area contributed by atoms with E-state index in [2.05, 4.69) is 5.32 Å². The van der Waals surface area contributed by atoms with Crippen LogP contribution in [-0.4, -0.2) is 24.4 Å². The molecule has 0 bridgehead atoms. The molecule has 0 aromatic heterocycles. The summed E-state index contributed by atoms with van der Waals surface area (Å²) in [4.78, 5) is 0. The maximum Gasteiger partial charge on any atom is 0.120 e. The van der Waals surface area contributed by atoms with E-state index in [1.807, 2.05) is 0 Å². The number of rotatable bonds is 5. The molecule has 1 aliphatic rings. The van der Waals surface area contributed by atoms with Crippen LogP contribution in [0, 0.1) is 0 Å². The van der Waals surface area contributed by atoms with Crippen LogP contribution in [0.4, 0.5) is 0 Å². The van der Waals surface area contributed by atoms with Gasteiger partial charge in [0.2, 0.25) is 0 Å². The molecule has 2 rings (SSSR count). The summed E-state index contributed by atoms with van der Waals surface area (Å²) in [7, 11) is 0. The predicted molar refractivity (Wildman–Crippen MR) is 68.4 cm³/mol. The fraction of sp³-hybridized carbons (Fsp3) is 0.538. The summed E-state index contributed by atoms with van der Waals surface area (Å²) in [5.41, 5.74) is 0.838. The molecular formula is C13H18ClNO2. The molecule has 3 nitrogen and oxygen atoms in total. The van der Waals surface area contributed by atoms with Gasteiger partial charge in [-0.05, 0) is 44.0 Å². The molecule has 1 saturated heterocycles. The molecule has 1 fully saturated rings. The fourth-order valence-electron chi connectivity index (χ4n) is 2.05. The van der Waals surface area contributed by atoms with Crippen LogP contribution in [0.3, 0.4) is 0 Å². The molecule has 4 heteroatoms. The first-order valence-electron chi connectivity index (χ1n) is 6.05. The normalized spacial score (nSPS) is 19.7. The van der Waals surface area contributed by atoms with Crippen molar-refractivity contribution in [2.45, 2.75) is 31.9 Å². The van der Waals surface area contributed by atoms with Crippen LogP contribution in [0.5, 0.6) is 5.75 Å². The summed E-state index contributed by atoms with van der Waals surface area (Å²) < 4.78 is 5.54. The van der Waals surface area contributed by atoms with Gasteiger partial charge in [0.05, 0.1) is 6.10 Å². The van der Waals surface area contributed by atoms with Crippen LogP contribution in [0.1, 0.15) is 24.8 Å². The summed E-state index contributed by atoms with van der Waals surface area (Å²) in [5, 5.41) is 13.6. The highest BCUT2D eigenvalue weighted by atomic mass is 35.5. The number of ether oxygens (including phenoxy) is 1. The van der Waals surface area contributed by atoms with Crippen molar-refractivity contribution >= 4 is 11.6 Å². The van der Waals surface area contributed by atoms with Gasteiger partial charge in [-0.1, -0.05) is 11.6 Å². The van der Waals surface area contributed by atoms with E-state index in [4.69, 9.17) is 16.3 Å². The van der Waals surface area contributed by atoms with E-state index in [9.17, 15) is 5.11 Å². The second kappa shape index (κ2) is 6.24. The largest absolute Gasteiger partial charge is 0.508 e. The van der Waals surface area contributed by atoms with E-state index in [-0.39, 0.29) is 0 Å². The number of phenols is 1. The minimum absolute atomic E-state index is 0.291. The van der Waals surface area contributed by atoms with Crippen molar-refractivity contribution in [3.63, 3.8) is 0 Å². The third-order valence-electron chi connectivity index (χ3n) is 3.02. The van der Waals surface area contributed by atoms with Gasteiger partial charge < -0.3 is 15.2 Å². The molecule has 1 heterocycles. The van der Waals surface area contributed by atoms with Crippen molar-refractivity contribution in [3.05, 3.63) is 28.8 Å². The highest BCUT2D eigenvalue weighted by molar-refractivity contribution is 6.30. The van der Waals surface area contributed by atoms with Gasteiger partial charge in [0.15, 0.2) is 0 Å². The molecule has 1 aromatic carbocycles. The first-order valence-corrected chi connectivity index (χ1v) is 6.43. The third kappa shape index (κ3) is 3.87. The second-order valence-corrected chi connectivity index (χ2v) is 4.81. The molecule has 0 spiro atoms. The van der Waals surface area contributed by atoms with Gasteiger partial charge in [-0.15, -0.1) is 0 Å². The van der Waals surface area contributed by atoms with Crippen molar-refractivity contribution in [2.75, 3.05) is 13.2 Å². The number of hydrogen-bond donors (Lipinski definition) is 2. The van der Waals surface area contributed by atoms with Gasteiger partial charge >= 0.3 is 0 Å². The molecule has 1 aliphatic heterocycles. The quantitative estimate of drug-likeness (QED) is 0.795. The van der Waals surface area contributed by atoms with Crippen LogP contribution in [0.25, 0.3) is 0 Å². The second-order valence-electron chi connectivity index (χ2n) is 4.37. The lowest BCUT2D eigenvalue weighted by molar-refractivity contribution is 0.104. The lowest BCUT2D eigenvalue weighted by Crippen LogP contribution is -2.19. The first-order chi connectivity index (χ1) is 8.25. The number of halogens is 1. The van der Waals surface area contributed by atoms with E-state index in [1.165, 1.54) is 12.8 Å². The molecule has 94 valence electrons. The van der Waals surface area contributed by atoms with E-state index >= 15 is 0 Å². The van der Waals surface area contributed by atoms with Crippen LogP contribution >= 0.6 is 11.6 Å². The number of benzene rings is 1. The minimum atomic E-state index is 0.291. The van der Waals surface area contributed by atoms with Gasteiger partial charge in [-0.3, -0.25) is 0 Å². The average Bonchev–Trinajstić information content (AvgIpc) is 2.82. The molecule has 0 amide bonds. The summed E-state index contributed by atoms with van der Waals surface area (Å²) >= 11 is 5.87. The highest BCUT2D eigenvalue weighted by Gasteiger charge is 2.14. The van der Waals surface area contributed by atoms with Crippen molar-refractivity contribution in [1.82, 2.24) is 5.32 Å². The minimum Gasteiger partial charge on any atom is -0.508 e. The van der Waals surface area contributed by atoms with Crippen LogP contribution < -0.4 is 5.32 Å². The Morgan fingerprint density at radius 2 is 2.35 bits per heavy atom. The highest BCUT2D eigenvalue weighted by Crippen LogP contribution is 2.21. The molecule has 1 aromatic rings. The van der Waals surface area contributed by atoms with Gasteiger partial charge in [0.1, 0.15) is 5.75 Å². The zero-order valence-electron chi connectivity index (χ0n) is 9.79. The Labute approximate surface area is 107 Å². The average molecular weight is 256 g/mol. The molecule has 0 radical (unpaired) electrons. The lowest BCUT2D eigenvalue weighted by atomic mass is 10.1. The fourth-order valence-corrected chi connectivity index (χ4v) is 2.25. The molecule has 2 N–H and O–H groups in total. The van der Waals surface area contributed by atoms with E-state index in [0.717, 1.165) is 25.1 Å². The van der Waals surface area contributed by atoms with Crippen molar-refractivity contribution < 1.29 is 9.84 Å². The van der Waals surface area contributed by atoms with Crippen molar-refractivity contribution in [2.24, 2.45) is 0 Å². The predicted octanol–water partition coefficient (Wildman–Crippen LogP) is 2.70. The Hall–Kier alpha value is -0.770. The van der Waals surface area contributed by atoms with Crippen molar-refractivity contribution in [1.29, 1.82) is 0 Å². The molecule has 17 heavy (non-hydrogen) atoms. The Morgan fingerprint density at radius 1 is 1.47 bits per heavy atom. The Balaban J connectivity index is 1.72. The van der Waals surface area contributed by atoms with Gasteiger partial charge in [-0.2, -0.15) is 0 Å². The van der Waals surface area contributed by atoms with Gasteiger partial charge in [-0.25, -0.2) is 0 Å². The first kappa shape index (κ1) is 12.7. The monoisotopic (exact) mass is 255 g/mol. The maximum absolute atomic E-state index is 9.62. The zero-order valence-corrected chi connectivity index (χ0v) is 10.5. The Bertz CT molecular complexity index is 364. The standard InChI is InChI=1S/C13H18ClNO2/c14-11-3-4-13(16)10(8-11)9-15-6-5-12-2-1-7-17-12/h3-4,8,12,15-16H,1-2,5-7,9H2. The zero-order chi connectivity index (χ0) is 12.1. The summed E-state index contributed by atoms with van der Waals surface area (Å²) in [6.07, 6.45) is 3.79. The van der Waals surface area contributed by atoms with Crippen LogP contribution in [0.2, 0.25) is 5.02 Å². The summed E-state index contributed by atoms with van der Waals surface area (Å²) in [5.74, 6) is 0.291. The van der Waals surface area contributed by atoms with Crippen LogP contribution in [0.15, 0.2) is 18.2 Å². The Morgan fingerprint density at radius 3 is 3.12 bits per heavy atom. The van der Waals surface area contributed by atoms with E-state index in [0.29, 0.717) is 23.4 Å². The van der Waals surface area contributed by atoms with Crippen LogP contribution in [-0.2, 0) is 11.3 Å². The summed E-state index contributed by atoms with van der Waals surface area (Å²) in [6, 6.07) is 5.10. The molecule has 0 saturated carbocycles. The number of nitrogens with one attached hydrogen (secondary N) is 1. The molecule has 0 aliphatic carbocycles. The SMILES string of the molecule is Oc1ccc(Cl)cc1CNCCC1CCCO1. The topological polar surface area (TPSA) is 41.5 Å². The van der Waals surface area contributed by atoms with E-state index < -0.39 is 0 Å². The van der Waals surface area contributed by atoms with Crippen molar-refractivity contribution in [3.8, 4) is 5.75 Å². The number of aromatic hydroxyl groups is 1. The molecule has 1 atom stereocenters. The molecule has 1 unspecified atom stereocenters. The lowest BCUT2D eigenvalue weighted by Gasteiger charge is -2.10. The third-order valence-corrected chi connectivity index (χ3v) is 3.26. The number of hydrogen-bond acceptors (Lipinski definition) is 3. The maximum atomic E-state index is 9.62. The smallest absolute Gasteiger partial charge is 0.120 e.